The summed E-state index contributed by atoms with van der Waals surface area (Å²) in [7, 11) is 0. The third kappa shape index (κ3) is 2.80. The molecule has 0 heterocycles. The largest absolute Gasteiger partial charge is 0.488 e. The van der Waals surface area contributed by atoms with Gasteiger partial charge in [-0.2, -0.15) is 0 Å². The number of rotatable bonds is 3. The van der Waals surface area contributed by atoms with Crippen LogP contribution in [0, 0.1) is 19.9 Å². The Balaban J connectivity index is 2.16. The van der Waals surface area contributed by atoms with E-state index in [0.717, 1.165) is 27.5 Å². The smallest absolute Gasteiger partial charge is 0.125 e. The zero-order chi connectivity index (χ0) is 12.3. The lowest BCUT2D eigenvalue weighted by Crippen LogP contribution is -1.99. The minimum atomic E-state index is 0.491. The van der Waals surface area contributed by atoms with E-state index in [2.05, 4.69) is 6.07 Å². The van der Waals surface area contributed by atoms with Crippen molar-refractivity contribution in [2.45, 2.75) is 20.5 Å². The molecule has 2 heteroatoms. The second-order valence-corrected chi connectivity index (χ2v) is 4.44. The Morgan fingerprint density at radius 3 is 2.41 bits per heavy atom. The van der Waals surface area contributed by atoms with Crippen molar-refractivity contribution in [3.63, 3.8) is 0 Å². The lowest BCUT2D eigenvalue weighted by Gasteiger charge is -2.12. The van der Waals surface area contributed by atoms with Gasteiger partial charge in [-0.25, -0.2) is 0 Å². The maximum atomic E-state index is 6.08. The quantitative estimate of drug-likeness (QED) is 0.782. The van der Waals surface area contributed by atoms with E-state index < -0.39 is 0 Å². The lowest BCUT2D eigenvalue weighted by molar-refractivity contribution is 0.302. The number of ether oxygens (including phenoxy) is 1. The normalized spacial score (nSPS) is 10.3. The van der Waals surface area contributed by atoms with Gasteiger partial charge >= 0.3 is 0 Å². The van der Waals surface area contributed by atoms with E-state index in [1.165, 1.54) is 0 Å². The molecule has 1 radical (unpaired) electrons. The Kier molecular flexibility index (Phi) is 3.70. The summed E-state index contributed by atoms with van der Waals surface area (Å²) in [4.78, 5) is 0. The minimum absolute atomic E-state index is 0.491. The number of halogens is 1. The van der Waals surface area contributed by atoms with Crippen LogP contribution in [0.15, 0.2) is 36.4 Å². The standard InChI is InChI=1S/C15H14ClO/c1-11-6-5-7-12(2)15(11)17-10-13-8-3-4-9-14(13)16/h3-4,6-9H,10H2,1-2H3. The van der Waals surface area contributed by atoms with Crippen LogP contribution in [-0.2, 0) is 6.61 Å². The molecule has 0 unspecified atom stereocenters. The van der Waals surface area contributed by atoms with E-state index in [1.807, 2.05) is 50.2 Å². The minimum Gasteiger partial charge on any atom is -0.488 e. The Morgan fingerprint density at radius 1 is 1.12 bits per heavy atom. The molecule has 2 aromatic carbocycles. The van der Waals surface area contributed by atoms with Gasteiger partial charge in [0.2, 0.25) is 0 Å². The van der Waals surface area contributed by atoms with Crippen LogP contribution in [0.5, 0.6) is 5.75 Å². The van der Waals surface area contributed by atoms with Crippen LogP contribution in [0.4, 0.5) is 0 Å². The Bertz CT molecular complexity index is 500. The first-order chi connectivity index (χ1) is 8.18. The number of hydrogen-bond donors (Lipinski definition) is 0. The number of aryl methyl sites for hydroxylation is 2. The Hall–Kier alpha value is -1.47. The van der Waals surface area contributed by atoms with Crippen molar-refractivity contribution < 1.29 is 4.74 Å². The molecular formula is C15H14ClO. The van der Waals surface area contributed by atoms with Crippen molar-refractivity contribution in [1.82, 2.24) is 0 Å². The Morgan fingerprint density at radius 2 is 1.76 bits per heavy atom. The van der Waals surface area contributed by atoms with E-state index in [-0.39, 0.29) is 0 Å². The third-order valence-electron chi connectivity index (χ3n) is 2.65. The molecule has 2 rings (SSSR count). The highest BCUT2D eigenvalue weighted by Gasteiger charge is 2.05. The summed E-state index contributed by atoms with van der Waals surface area (Å²) >= 11 is 6.08. The SMILES string of the molecule is Cc1c[c]cc(C)c1OCc1ccccc1Cl. The molecule has 0 saturated heterocycles. The van der Waals surface area contributed by atoms with Crippen molar-refractivity contribution in [3.05, 3.63) is 64.2 Å². The topological polar surface area (TPSA) is 9.23 Å². The van der Waals surface area contributed by atoms with Crippen LogP contribution in [-0.4, -0.2) is 0 Å². The highest BCUT2D eigenvalue weighted by molar-refractivity contribution is 6.31. The molecule has 2 aromatic rings. The molecule has 0 saturated carbocycles. The van der Waals surface area contributed by atoms with Crippen molar-refractivity contribution in [2.24, 2.45) is 0 Å². The maximum Gasteiger partial charge on any atom is 0.125 e. The van der Waals surface area contributed by atoms with Gasteiger partial charge in [0, 0.05) is 10.6 Å². The zero-order valence-corrected chi connectivity index (χ0v) is 10.7. The van der Waals surface area contributed by atoms with Gasteiger partial charge in [0.25, 0.3) is 0 Å². The molecule has 0 spiro atoms. The summed E-state index contributed by atoms with van der Waals surface area (Å²) in [5.41, 5.74) is 3.19. The van der Waals surface area contributed by atoms with Crippen LogP contribution in [0.1, 0.15) is 16.7 Å². The highest BCUT2D eigenvalue weighted by atomic mass is 35.5. The monoisotopic (exact) mass is 245 g/mol. The van der Waals surface area contributed by atoms with Crippen LogP contribution in [0.25, 0.3) is 0 Å². The van der Waals surface area contributed by atoms with E-state index in [1.54, 1.807) is 0 Å². The van der Waals surface area contributed by atoms with Gasteiger partial charge in [-0.15, -0.1) is 0 Å². The van der Waals surface area contributed by atoms with Gasteiger partial charge in [-0.3, -0.25) is 0 Å². The molecule has 0 bridgehead atoms. The average Bonchev–Trinajstić information content (AvgIpc) is 2.30. The van der Waals surface area contributed by atoms with Gasteiger partial charge < -0.3 is 4.74 Å². The molecule has 0 N–H and O–H groups in total. The molecular weight excluding hydrogens is 232 g/mol. The second-order valence-electron chi connectivity index (χ2n) is 4.03. The van der Waals surface area contributed by atoms with Gasteiger partial charge in [-0.1, -0.05) is 29.8 Å². The van der Waals surface area contributed by atoms with Crippen molar-refractivity contribution in [1.29, 1.82) is 0 Å². The highest BCUT2D eigenvalue weighted by Crippen LogP contribution is 2.24. The van der Waals surface area contributed by atoms with Gasteiger partial charge in [0.1, 0.15) is 12.4 Å². The predicted molar refractivity (Wildman–Crippen MR) is 70.5 cm³/mol. The zero-order valence-electron chi connectivity index (χ0n) is 9.96. The van der Waals surface area contributed by atoms with Crippen molar-refractivity contribution in [2.75, 3.05) is 0 Å². The average molecular weight is 246 g/mol. The summed E-state index contributed by atoms with van der Waals surface area (Å²) in [5, 5.41) is 0.741. The summed E-state index contributed by atoms with van der Waals surface area (Å²) in [6.45, 7) is 4.53. The maximum absolute atomic E-state index is 6.08. The van der Waals surface area contributed by atoms with Crippen LogP contribution in [0.2, 0.25) is 5.02 Å². The second kappa shape index (κ2) is 5.24. The summed E-state index contributed by atoms with van der Waals surface area (Å²) in [6, 6.07) is 14.6. The first-order valence-electron chi connectivity index (χ1n) is 5.52. The lowest BCUT2D eigenvalue weighted by atomic mass is 10.1. The van der Waals surface area contributed by atoms with Gasteiger partial charge in [0.05, 0.1) is 0 Å². The van der Waals surface area contributed by atoms with E-state index in [4.69, 9.17) is 16.3 Å². The van der Waals surface area contributed by atoms with Crippen LogP contribution >= 0.6 is 11.6 Å². The number of benzene rings is 2. The van der Waals surface area contributed by atoms with Crippen LogP contribution < -0.4 is 4.74 Å². The fraction of sp³-hybridized carbons (Fsp3) is 0.200. The van der Waals surface area contributed by atoms with E-state index in [0.29, 0.717) is 6.61 Å². The molecule has 0 aromatic heterocycles. The summed E-state index contributed by atoms with van der Waals surface area (Å²) in [6.07, 6.45) is 0. The molecule has 0 amide bonds. The molecule has 17 heavy (non-hydrogen) atoms. The van der Waals surface area contributed by atoms with E-state index in [9.17, 15) is 0 Å². The van der Waals surface area contributed by atoms with E-state index >= 15 is 0 Å². The molecule has 0 aliphatic rings. The first-order valence-corrected chi connectivity index (χ1v) is 5.90. The molecule has 87 valence electrons. The molecule has 0 aliphatic heterocycles. The first kappa shape index (κ1) is 12.0. The molecule has 1 nitrogen and oxygen atoms in total. The van der Waals surface area contributed by atoms with Crippen molar-refractivity contribution >= 4 is 11.6 Å². The number of hydrogen-bond acceptors (Lipinski definition) is 1. The van der Waals surface area contributed by atoms with Gasteiger partial charge in [0.15, 0.2) is 0 Å². The van der Waals surface area contributed by atoms with Crippen LogP contribution in [0.3, 0.4) is 0 Å². The fourth-order valence-corrected chi connectivity index (χ4v) is 1.92. The predicted octanol–water partition coefficient (Wildman–Crippen LogP) is 4.34. The summed E-state index contributed by atoms with van der Waals surface area (Å²) < 4.78 is 5.83. The third-order valence-corrected chi connectivity index (χ3v) is 3.01. The van der Waals surface area contributed by atoms with Gasteiger partial charge in [-0.05, 0) is 49.2 Å². The fourth-order valence-electron chi connectivity index (χ4n) is 1.73. The summed E-state index contributed by atoms with van der Waals surface area (Å²) in [5.74, 6) is 0.920. The molecule has 0 fully saturated rings. The molecule has 0 atom stereocenters. The molecule has 0 aliphatic carbocycles. The Labute approximate surface area is 107 Å². The van der Waals surface area contributed by atoms with Crippen molar-refractivity contribution in [3.8, 4) is 5.75 Å².